The molecule has 0 radical (unpaired) electrons. The topological polar surface area (TPSA) is 49.7 Å². The molecule has 0 heterocycles. The zero-order valence-electron chi connectivity index (χ0n) is 7.16. The molecule has 0 aromatic heterocycles. The van der Waals surface area contributed by atoms with E-state index >= 15 is 0 Å². The van der Waals surface area contributed by atoms with Crippen molar-refractivity contribution < 1.29 is 14.9 Å². The third-order valence-corrected chi connectivity index (χ3v) is 0.736. The van der Waals surface area contributed by atoms with Gasteiger partial charge in [0.1, 0.15) is 0 Å². The van der Waals surface area contributed by atoms with Gasteiger partial charge >= 0.3 is 0 Å². The molecule has 64 valence electrons. The molecule has 3 heteroatoms. The zero-order chi connectivity index (χ0) is 8.57. The lowest BCUT2D eigenvalue weighted by molar-refractivity contribution is 0.110. The number of ether oxygens (including phenoxy) is 1. The van der Waals surface area contributed by atoms with Gasteiger partial charge in [-0.15, -0.1) is 0 Å². The molecule has 0 aliphatic rings. The van der Waals surface area contributed by atoms with Crippen molar-refractivity contribution in [3.8, 4) is 0 Å². The Kier molecular flexibility index (Phi) is 11.1. The smallest absolute Gasteiger partial charge is 0.0742 e. The quantitative estimate of drug-likeness (QED) is 0.599. The lowest BCUT2D eigenvalue weighted by Gasteiger charge is -1.94. The number of aliphatic hydroxyl groups is 2. The van der Waals surface area contributed by atoms with E-state index in [1.807, 2.05) is 13.8 Å². The standard InChI is InChI=1S/C4H10O.C3H8O2/c1-4(2)5-3;1-3(5)2-4/h4H,1-3H3;3-5H,2H2,1H3. The Morgan fingerprint density at radius 2 is 1.50 bits per heavy atom. The molecule has 0 bridgehead atoms. The first-order valence-corrected chi connectivity index (χ1v) is 3.36. The second kappa shape index (κ2) is 8.88. The largest absolute Gasteiger partial charge is 0.394 e. The van der Waals surface area contributed by atoms with E-state index in [0.29, 0.717) is 6.10 Å². The van der Waals surface area contributed by atoms with Crippen LogP contribution in [0.4, 0.5) is 0 Å². The zero-order valence-corrected chi connectivity index (χ0v) is 7.16. The van der Waals surface area contributed by atoms with Crippen LogP contribution in [0.1, 0.15) is 20.8 Å². The van der Waals surface area contributed by atoms with Gasteiger partial charge in [0.25, 0.3) is 0 Å². The highest BCUT2D eigenvalue weighted by atomic mass is 16.5. The maximum atomic E-state index is 8.11. The summed E-state index contributed by atoms with van der Waals surface area (Å²) in [5.74, 6) is 0. The SMILES string of the molecule is CC(O)CO.COC(C)C. The van der Waals surface area contributed by atoms with Crippen molar-refractivity contribution >= 4 is 0 Å². The summed E-state index contributed by atoms with van der Waals surface area (Å²) in [5.41, 5.74) is 0. The maximum absolute atomic E-state index is 8.11. The van der Waals surface area contributed by atoms with Gasteiger partial charge in [0.15, 0.2) is 0 Å². The monoisotopic (exact) mass is 150 g/mol. The summed E-state index contributed by atoms with van der Waals surface area (Å²) in [6, 6.07) is 0. The van der Waals surface area contributed by atoms with Gasteiger partial charge < -0.3 is 14.9 Å². The van der Waals surface area contributed by atoms with E-state index in [1.54, 1.807) is 7.11 Å². The van der Waals surface area contributed by atoms with Gasteiger partial charge in [0.05, 0.1) is 18.8 Å². The second-order valence-corrected chi connectivity index (χ2v) is 2.32. The van der Waals surface area contributed by atoms with Crippen molar-refractivity contribution in [3.63, 3.8) is 0 Å². The van der Waals surface area contributed by atoms with Crippen LogP contribution in [0.25, 0.3) is 0 Å². The van der Waals surface area contributed by atoms with E-state index in [9.17, 15) is 0 Å². The number of aliphatic hydroxyl groups excluding tert-OH is 2. The summed E-state index contributed by atoms with van der Waals surface area (Å²) in [7, 11) is 1.70. The molecule has 0 saturated heterocycles. The van der Waals surface area contributed by atoms with E-state index < -0.39 is 6.10 Å². The molecule has 0 amide bonds. The maximum Gasteiger partial charge on any atom is 0.0742 e. The highest BCUT2D eigenvalue weighted by molar-refractivity contribution is 4.34. The fourth-order valence-electron chi connectivity index (χ4n) is 0. The first kappa shape index (κ1) is 12.5. The second-order valence-electron chi connectivity index (χ2n) is 2.32. The highest BCUT2D eigenvalue weighted by Gasteiger charge is 1.83. The molecule has 3 nitrogen and oxygen atoms in total. The molecular formula is C7H18O3. The van der Waals surface area contributed by atoms with Gasteiger partial charge in [-0.05, 0) is 20.8 Å². The number of hydrogen-bond acceptors (Lipinski definition) is 3. The van der Waals surface area contributed by atoms with Crippen LogP contribution in [-0.4, -0.2) is 36.1 Å². The summed E-state index contributed by atoms with van der Waals surface area (Å²) < 4.78 is 4.75. The van der Waals surface area contributed by atoms with Crippen molar-refractivity contribution in [2.24, 2.45) is 0 Å². The third kappa shape index (κ3) is 24.8. The van der Waals surface area contributed by atoms with Crippen molar-refractivity contribution in [2.45, 2.75) is 33.0 Å². The lowest BCUT2D eigenvalue weighted by atomic mass is 10.5. The van der Waals surface area contributed by atoms with Gasteiger partial charge in [0, 0.05) is 7.11 Å². The molecular weight excluding hydrogens is 132 g/mol. The third-order valence-electron chi connectivity index (χ3n) is 0.736. The number of methoxy groups -OCH3 is 1. The van der Waals surface area contributed by atoms with E-state index in [0.717, 1.165) is 0 Å². The van der Waals surface area contributed by atoms with Crippen molar-refractivity contribution in [1.82, 2.24) is 0 Å². The van der Waals surface area contributed by atoms with Crippen LogP contribution in [0.5, 0.6) is 0 Å². The average Bonchev–Trinajstić information content (AvgIpc) is 1.89. The summed E-state index contributed by atoms with van der Waals surface area (Å²) in [4.78, 5) is 0. The van der Waals surface area contributed by atoms with Gasteiger partial charge in [-0.25, -0.2) is 0 Å². The summed E-state index contributed by atoms with van der Waals surface area (Å²) in [6.07, 6.45) is -0.176. The summed E-state index contributed by atoms with van der Waals surface area (Å²) in [6.45, 7) is 5.39. The fourth-order valence-corrected chi connectivity index (χ4v) is 0. The van der Waals surface area contributed by atoms with Gasteiger partial charge in [-0.1, -0.05) is 0 Å². The molecule has 0 spiro atoms. The molecule has 0 aromatic carbocycles. The molecule has 1 unspecified atom stereocenters. The number of hydrogen-bond donors (Lipinski definition) is 2. The molecule has 1 atom stereocenters. The average molecular weight is 150 g/mol. The van der Waals surface area contributed by atoms with Crippen LogP contribution < -0.4 is 0 Å². The first-order chi connectivity index (χ1) is 4.54. The van der Waals surface area contributed by atoms with Crippen LogP contribution in [0.2, 0.25) is 0 Å². The van der Waals surface area contributed by atoms with Crippen LogP contribution in [-0.2, 0) is 4.74 Å². The molecule has 0 aromatic rings. The van der Waals surface area contributed by atoms with E-state index in [-0.39, 0.29) is 6.61 Å². The van der Waals surface area contributed by atoms with Crippen molar-refractivity contribution in [3.05, 3.63) is 0 Å². The first-order valence-electron chi connectivity index (χ1n) is 3.36. The molecule has 0 saturated carbocycles. The molecule has 0 fully saturated rings. The normalized spacial score (nSPS) is 12.3. The van der Waals surface area contributed by atoms with E-state index in [2.05, 4.69) is 0 Å². The number of rotatable bonds is 2. The van der Waals surface area contributed by atoms with E-state index in [1.165, 1.54) is 6.92 Å². The van der Waals surface area contributed by atoms with Crippen molar-refractivity contribution in [2.75, 3.05) is 13.7 Å². The molecule has 0 rings (SSSR count). The predicted octanol–water partition coefficient (Wildman–Crippen LogP) is 0.401. The van der Waals surface area contributed by atoms with Gasteiger partial charge in [0.2, 0.25) is 0 Å². The Hall–Kier alpha value is -0.120. The van der Waals surface area contributed by atoms with Gasteiger partial charge in [-0.3, -0.25) is 0 Å². The predicted molar refractivity (Wildman–Crippen MR) is 40.9 cm³/mol. The van der Waals surface area contributed by atoms with Crippen LogP contribution >= 0.6 is 0 Å². The Labute approximate surface area is 62.6 Å². The van der Waals surface area contributed by atoms with Crippen LogP contribution in [0.15, 0.2) is 0 Å². The minimum absolute atomic E-state index is 0.139. The molecule has 10 heavy (non-hydrogen) atoms. The Bertz CT molecular complexity index is 44.8. The fraction of sp³-hybridized carbons (Fsp3) is 1.00. The molecule has 2 N–H and O–H groups in total. The Morgan fingerprint density at radius 3 is 1.50 bits per heavy atom. The summed E-state index contributed by atoms with van der Waals surface area (Å²) in [5, 5.41) is 16.0. The minimum Gasteiger partial charge on any atom is -0.394 e. The minimum atomic E-state index is -0.560. The molecule has 0 aliphatic carbocycles. The Balaban J connectivity index is 0. The lowest BCUT2D eigenvalue weighted by Crippen LogP contribution is -2.03. The summed E-state index contributed by atoms with van der Waals surface area (Å²) >= 11 is 0. The van der Waals surface area contributed by atoms with Crippen LogP contribution in [0, 0.1) is 0 Å². The Morgan fingerprint density at radius 1 is 1.30 bits per heavy atom. The highest BCUT2D eigenvalue weighted by Crippen LogP contribution is 1.77. The molecule has 0 aliphatic heterocycles. The van der Waals surface area contributed by atoms with Crippen molar-refractivity contribution in [1.29, 1.82) is 0 Å². The van der Waals surface area contributed by atoms with Gasteiger partial charge in [-0.2, -0.15) is 0 Å². The van der Waals surface area contributed by atoms with Crippen LogP contribution in [0.3, 0.4) is 0 Å². The van der Waals surface area contributed by atoms with E-state index in [4.69, 9.17) is 14.9 Å².